The lowest BCUT2D eigenvalue weighted by Gasteiger charge is -2.51. The Kier molecular flexibility index (Phi) is 7.28. The van der Waals surface area contributed by atoms with Crippen molar-refractivity contribution in [1.29, 1.82) is 0 Å². The third-order valence-electron chi connectivity index (χ3n) is 9.42. The molecule has 2 aromatic rings. The third-order valence-corrected chi connectivity index (χ3v) is 9.42. The van der Waals surface area contributed by atoms with E-state index in [1.165, 1.54) is 17.0 Å². The van der Waals surface area contributed by atoms with Crippen molar-refractivity contribution in [2.24, 2.45) is 11.3 Å². The maximum Gasteiger partial charge on any atom is 0.418 e. The lowest BCUT2D eigenvalue weighted by molar-refractivity contribution is -0.167. The summed E-state index contributed by atoms with van der Waals surface area (Å²) in [6.45, 7) is 3.11. The van der Waals surface area contributed by atoms with Crippen LogP contribution >= 0.6 is 0 Å². The molecule has 12 heteroatoms. The van der Waals surface area contributed by atoms with E-state index in [0.717, 1.165) is 49.2 Å². The van der Waals surface area contributed by atoms with Crippen molar-refractivity contribution < 1.29 is 22.3 Å². The fraction of sp³-hybridized carbons (Fsp3) is 0.741. The van der Waals surface area contributed by atoms with Gasteiger partial charge in [0.25, 0.3) is 0 Å². The van der Waals surface area contributed by atoms with Crippen LogP contribution < -0.4 is 16.5 Å². The molecule has 2 aromatic heterocycles. The molecule has 6 rings (SSSR count). The van der Waals surface area contributed by atoms with Crippen molar-refractivity contribution in [1.82, 2.24) is 29.6 Å². The summed E-state index contributed by atoms with van der Waals surface area (Å²) >= 11 is 0. The number of halogens is 4. The molecule has 39 heavy (non-hydrogen) atoms. The van der Waals surface area contributed by atoms with Crippen LogP contribution in [0.5, 0.6) is 0 Å². The van der Waals surface area contributed by atoms with Crippen LogP contribution in [0.4, 0.5) is 17.6 Å². The molecule has 0 bridgehead atoms. The molecule has 4 atom stereocenters. The summed E-state index contributed by atoms with van der Waals surface area (Å²) < 4.78 is 64.9. The van der Waals surface area contributed by atoms with Gasteiger partial charge in [0.15, 0.2) is 0 Å². The summed E-state index contributed by atoms with van der Waals surface area (Å²) in [5.74, 6) is 0.320. The van der Waals surface area contributed by atoms with Crippen molar-refractivity contribution in [3.8, 4) is 0 Å². The van der Waals surface area contributed by atoms with E-state index in [4.69, 9.17) is 4.74 Å². The Bertz CT molecular complexity index is 1240. The molecule has 0 amide bonds. The number of hydrazine groups is 1. The molecule has 1 saturated carbocycles. The summed E-state index contributed by atoms with van der Waals surface area (Å²) in [6, 6.07) is 0.963. The van der Waals surface area contributed by atoms with E-state index >= 15 is 0 Å². The fourth-order valence-corrected chi connectivity index (χ4v) is 7.20. The lowest BCUT2D eigenvalue weighted by atomic mass is 9.64. The first-order chi connectivity index (χ1) is 18.6. The molecule has 4 aliphatic rings. The minimum absolute atomic E-state index is 0.00754. The van der Waals surface area contributed by atoms with Crippen LogP contribution in [0.25, 0.3) is 5.52 Å². The highest BCUT2D eigenvalue weighted by atomic mass is 19.4. The number of hydrogen-bond acceptors (Lipinski definition) is 6. The highest BCUT2D eigenvalue weighted by Gasteiger charge is 2.49. The van der Waals surface area contributed by atoms with Crippen LogP contribution in [-0.4, -0.2) is 71.1 Å². The number of hydrogen-bond donors (Lipinski definition) is 2. The number of ether oxygens (including phenoxy) is 1. The van der Waals surface area contributed by atoms with Crippen LogP contribution in [0.3, 0.4) is 0 Å². The van der Waals surface area contributed by atoms with Crippen LogP contribution in [0, 0.1) is 11.3 Å². The zero-order valence-electron chi connectivity index (χ0n) is 22.4. The Morgan fingerprint density at radius 3 is 2.64 bits per heavy atom. The predicted molar refractivity (Wildman–Crippen MR) is 138 cm³/mol. The van der Waals surface area contributed by atoms with E-state index in [1.54, 1.807) is 0 Å². The average molecular weight is 555 g/mol. The van der Waals surface area contributed by atoms with Crippen LogP contribution in [0.2, 0.25) is 0 Å². The molecule has 5 heterocycles. The Morgan fingerprint density at radius 2 is 1.97 bits per heavy atom. The molecule has 0 spiro atoms. The smallest absolute Gasteiger partial charge is 0.380 e. The first-order valence-electron chi connectivity index (χ1n) is 14.1. The second-order valence-electron chi connectivity index (χ2n) is 12.1. The number of aromatic nitrogens is 2. The summed E-state index contributed by atoms with van der Waals surface area (Å²) in [7, 11) is 2.06. The van der Waals surface area contributed by atoms with E-state index in [1.807, 2.05) is 4.90 Å². The van der Waals surface area contributed by atoms with Crippen LogP contribution in [0.1, 0.15) is 62.1 Å². The molecule has 1 aliphatic carbocycles. The van der Waals surface area contributed by atoms with Crippen molar-refractivity contribution in [3.63, 3.8) is 0 Å². The maximum atomic E-state index is 14.2. The van der Waals surface area contributed by atoms with Crippen molar-refractivity contribution in [2.75, 3.05) is 40.0 Å². The first kappa shape index (κ1) is 27.2. The number of alkyl halides is 4. The molecule has 216 valence electrons. The van der Waals surface area contributed by atoms with E-state index in [2.05, 4.69) is 22.8 Å². The van der Waals surface area contributed by atoms with Gasteiger partial charge in [0, 0.05) is 36.9 Å². The number of fused-ring (bicyclic) bond motifs is 1. The number of pyridine rings is 1. The fourth-order valence-electron chi connectivity index (χ4n) is 7.20. The molecule has 8 nitrogen and oxygen atoms in total. The van der Waals surface area contributed by atoms with Gasteiger partial charge in [-0.05, 0) is 69.7 Å². The zero-order chi connectivity index (χ0) is 27.4. The van der Waals surface area contributed by atoms with Gasteiger partial charge >= 0.3 is 11.9 Å². The highest BCUT2D eigenvalue weighted by Crippen LogP contribution is 2.49. The van der Waals surface area contributed by atoms with E-state index in [0.29, 0.717) is 44.1 Å². The number of piperidine rings is 1. The van der Waals surface area contributed by atoms with Crippen molar-refractivity contribution >= 4 is 5.52 Å². The molecule has 0 aromatic carbocycles. The number of nitrogens with zero attached hydrogens (tertiary/aromatic N) is 4. The molecule has 3 saturated heterocycles. The quantitative estimate of drug-likeness (QED) is 0.533. The maximum absolute atomic E-state index is 14.2. The van der Waals surface area contributed by atoms with Gasteiger partial charge in [0.1, 0.15) is 6.17 Å². The first-order valence-corrected chi connectivity index (χ1v) is 14.1. The SMILES string of the molecule is CN1CNNC1CC1(C2CCCC(n3cc4c(C(F)(F)F)cc(CN5CCC[C@H](F)C5)cn4c3=O)C2)COC1. The summed E-state index contributed by atoms with van der Waals surface area (Å²) in [5.41, 5.74) is 5.49. The van der Waals surface area contributed by atoms with E-state index in [9.17, 15) is 22.4 Å². The Hall–Kier alpha value is -1.99. The minimum atomic E-state index is -4.61. The van der Waals surface area contributed by atoms with Gasteiger partial charge in [-0.3, -0.25) is 18.8 Å². The van der Waals surface area contributed by atoms with Crippen molar-refractivity contribution in [2.45, 2.75) is 76.0 Å². The van der Waals surface area contributed by atoms with Gasteiger partial charge in [0.05, 0.1) is 37.1 Å². The van der Waals surface area contributed by atoms with E-state index < -0.39 is 23.6 Å². The second-order valence-corrected chi connectivity index (χ2v) is 12.1. The minimum Gasteiger partial charge on any atom is -0.380 e. The predicted octanol–water partition coefficient (Wildman–Crippen LogP) is 3.51. The number of likely N-dealkylation sites (tertiary alicyclic amines) is 1. The summed E-state index contributed by atoms with van der Waals surface area (Å²) in [5, 5.41) is 0. The average Bonchev–Trinajstić information content (AvgIpc) is 3.43. The normalized spacial score (nSPS) is 30.6. The Balaban J connectivity index is 1.29. The molecular weight excluding hydrogens is 516 g/mol. The summed E-state index contributed by atoms with van der Waals surface area (Å²) in [4.78, 5) is 17.7. The Morgan fingerprint density at radius 1 is 1.15 bits per heavy atom. The lowest BCUT2D eigenvalue weighted by Crippen LogP contribution is -2.54. The van der Waals surface area contributed by atoms with Crippen LogP contribution in [0.15, 0.2) is 23.3 Å². The van der Waals surface area contributed by atoms with Gasteiger partial charge < -0.3 is 4.74 Å². The molecule has 0 radical (unpaired) electrons. The van der Waals surface area contributed by atoms with Crippen molar-refractivity contribution in [3.05, 3.63) is 40.1 Å². The molecular formula is C27H38F4N6O2. The van der Waals surface area contributed by atoms with Gasteiger partial charge in [-0.15, -0.1) is 0 Å². The van der Waals surface area contributed by atoms with E-state index in [-0.39, 0.29) is 36.2 Å². The summed E-state index contributed by atoms with van der Waals surface area (Å²) in [6.07, 6.45) is 3.02. The second kappa shape index (κ2) is 10.4. The third kappa shape index (κ3) is 5.26. The number of imidazole rings is 1. The van der Waals surface area contributed by atoms with Crippen LogP contribution in [-0.2, 0) is 17.5 Å². The number of nitrogens with one attached hydrogen (secondary N) is 2. The standard InChI is InChI=1S/C27H38F4N6O2/c1-34-17-32-33-24(34)10-26(15-39-16-26)19-4-2-6-21(9-19)36-14-23-22(27(29,30)31)8-18(12-37(23)25(36)38)11-35-7-3-5-20(28)13-35/h8,12,14,19-21,24,32-33H,2-7,9-11,13,15-17H2,1H3/t19?,20-,21?,24?/m0/s1. The Labute approximate surface area is 225 Å². The topological polar surface area (TPSA) is 66.2 Å². The van der Waals surface area contributed by atoms with Gasteiger partial charge in [-0.2, -0.15) is 13.2 Å². The zero-order valence-corrected chi connectivity index (χ0v) is 22.4. The number of rotatable bonds is 6. The van der Waals surface area contributed by atoms with Gasteiger partial charge in [0.2, 0.25) is 0 Å². The molecule has 3 aliphatic heterocycles. The largest absolute Gasteiger partial charge is 0.418 e. The molecule has 2 N–H and O–H groups in total. The molecule has 3 unspecified atom stereocenters. The van der Waals surface area contributed by atoms with Gasteiger partial charge in [-0.1, -0.05) is 6.42 Å². The van der Waals surface area contributed by atoms with Gasteiger partial charge in [-0.25, -0.2) is 20.0 Å². The monoisotopic (exact) mass is 554 g/mol. The molecule has 4 fully saturated rings. The highest BCUT2D eigenvalue weighted by molar-refractivity contribution is 5.56.